The average Bonchev–Trinajstić information content (AvgIpc) is 2.38. The molecule has 4 nitrogen and oxygen atoms in total. The summed E-state index contributed by atoms with van der Waals surface area (Å²) in [6.45, 7) is 8.49. The maximum absolute atomic E-state index is 11.9. The molecule has 126 valence electrons. The number of benzene rings is 1. The number of amides is 1. The van der Waals surface area contributed by atoms with Gasteiger partial charge in [-0.2, -0.15) is 0 Å². The van der Waals surface area contributed by atoms with E-state index in [4.69, 9.17) is 5.73 Å². The summed E-state index contributed by atoms with van der Waals surface area (Å²) < 4.78 is 0. The minimum Gasteiger partial charge on any atom is -0.340 e. The van der Waals surface area contributed by atoms with E-state index in [9.17, 15) is 4.79 Å². The van der Waals surface area contributed by atoms with Crippen molar-refractivity contribution >= 4 is 30.7 Å². The van der Waals surface area contributed by atoms with Crippen LogP contribution in [0.3, 0.4) is 0 Å². The summed E-state index contributed by atoms with van der Waals surface area (Å²) in [5.74, 6) is 0.190. The van der Waals surface area contributed by atoms with Crippen LogP contribution in [-0.2, 0) is 11.3 Å². The molecule has 1 aromatic carbocycles. The fourth-order valence-corrected chi connectivity index (χ4v) is 2.63. The minimum absolute atomic E-state index is 0. The highest BCUT2D eigenvalue weighted by Gasteiger charge is 2.21. The molecule has 0 aliphatic carbocycles. The van der Waals surface area contributed by atoms with Gasteiger partial charge in [-0.05, 0) is 19.4 Å². The summed E-state index contributed by atoms with van der Waals surface area (Å²) >= 11 is 0. The van der Waals surface area contributed by atoms with Gasteiger partial charge in [-0.15, -0.1) is 24.8 Å². The second-order valence-corrected chi connectivity index (χ2v) is 5.83. The van der Waals surface area contributed by atoms with Crippen molar-refractivity contribution in [2.24, 2.45) is 5.73 Å². The van der Waals surface area contributed by atoms with Gasteiger partial charge in [-0.3, -0.25) is 9.69 Å². The third-order valence-corrected chi connectivity index (χ3v) is 3.71. The summed E-state index contributed by atoms with van der Waals surface area (Å²) in [5, 5.41) is 0. The van der Waals surface area contributed by atoms with E-state index in [0.717, 1.165) is 32.7 Å². The molecule has 1 saturated heterocycles. The molecule has 0 saturated carbocycles. The first kappa shape index (κ1) is 21.2. The molecule has 1 aromatic rings. The van der Waals surface area contributed by atoms with Crippen LogP contribution in [0.25, 0.3) is 0 Å². The van der Waals surface area contributed by atoms with Crippen molar-refractivity contribution in [3.8, 4) is 0 Å². The highest BCUT2D eigenvalue weighted by Crippen LogP contribution is 2.11. The summed E-state index contributed by atoms with van der Waals surface area (Å²) in [4.78, 5) is 16.3. The van der Waals surface area contributed by atoms with Crippen molar-refractivity contribution in [2.75, 3.05) is 26.2 Å². The maximum atomic E-state index is 11.9. The number of hydrogen-bond acceptors (Lipinski definition) is 3. The lowest BCUT2D eigenvalue weighted by Gasteiger charge is -2.35. The van der Waals surface area contributed by atoms with Crippen molar-refractivity contribution in [3.63, 3.8) is 0 Å². The summed E-state index contributed by atoms with van der Waals surface area (Å²) in [6, 6.07) is 8.57. The van der Waals surface area contributed by atoms with Crippen LogP contribution in [0, 0.1) is 6.92 Å². The number of rotatable bonds is 4. The first-order valence-electron chi connectivity index (χ1n) is 7.36. The molecular weight excluding hydrogens is 321 g/mol. The monoisotopic (exact) mass is 347 g/mol. The molecule has 1 atom stereocenters. The number of nitrogens with two attached hydrogens (primary N) is 1. The second-order valence-electron chi connectivity index (χ2n) is 5.83. The molecule has 1 aliphatic rings. The maximum Gasteiger partial charge on any atom is 0.224 e. The van der Waals surface area contributed by atoms with Gasteiger partial charge in [0.15, 0.2) is 0 Å². The quantitative estimate of drug-likeness (QED) is 0.908. The normalized spacial score (nSPS) is 16.4. The van der Waals surface area contributed by atoms with Gasteiger partial charge in [0.05, 0.1) is 0 Å². The predicted molar refractivity (Wildman–Crippen MR) is 95.8 cm³/mol. The lowest BCUT2D eigenvalue weighted by Crippen LogP contribution is -2.49. The standard InChI is InChI=1S/C16H25N3O.2ClH/c1-13-4-3-5-15(10-13)12-18-6-8-19(9-7-18)16(20)11-14(2)17;;/h3-5,10,14H,6-9,11-12,17H2,1-2H3;2*1H. The lowest BCUT2D eigenvalue weighted by molar-refractivity contribution is -0.133. The molecule has 1 heterocycles. The highest BCUT2D eigenvalue weighted by molar-refractivity contribution is 5.85. The van der Waals surface area contributed by atoms with Gasteiger partial charge < -0.3 is 10.6 Å². The Balaban J connectivity index is 0.00000220. The Morgan fingerprint density at radius 2 is 1.86 bits per heavy atom. The smallest absolute Gasteiger partial charge is 0.224 e. The van der Waals surface area contributed by atoms with Gasteiger partial charge in [-0.1, -0.05) is 29.8 Å². The number of carbonyl (C=O) groups excluding carboxylic acids is 1. The van der Waals surface area contributed by atoms with E-state index >= 15 is 0 Å². The highest BCUT2D eigenvalue weighted by atomic mass is 35.5. The Labute approximate surface area is 145 Å². The number of halogens is 2. The van der Waals surface area contributed by atoms with Crippen molar-refractivity contribution in [2.45, 2.75) is 32.9 Å². The fraction of sp³-hybridized carbons (Fsp3) is 0.562. The van der Waals surface area contributed by atoms with Crippen LogP contribution in [0.5, 0.6) is 0 Å². The average molecular weight is 348 g/mol. The Kier molecular flexibility index (Phi) is 9.69. The first-order chi connectivity index (χ1) is 9.54. The second kappa shape index (κ2) is 10.1. The number of nitrogens with zero attached hydrogens (tertiary/aromatic N) is 2. The molecule has 1 amide bonds. The number of aryl methyl sites for hydroxylation is 1. The van der Waals surface area contributed by atoms with Crippen LogP contribution in [0.4, 0.5) is 0 Å². The number of carbonyl (C=O) groups is 1. The molecular formula is C16H27Cl2N3O. The van der Waals surface area contributed by atoms with E-state index < -0.39 is 0 Å². The van der Waals surface area contributed by atoms with Gasteiger partial charge in [0, 0.05) is 45.2 Å². The zero-order valence-corrected chi connectivity index (χ0v) is 15.0. The van der Waals surface area contributed by atoms with Crippen molar-refractivity contribution in [1.82, 2.24) is 9.80 Å². The van der Waals surface area contributed by atoms with E-state index in [1.165, 1.54) is 11.1 Å². The Morgan fingerprint density at radius 1 is 1.23 bits per heavy atom. The van der Waals surface area contributed by atoms with Crippen LogP contribution in [-0.4, -0.2) is 47.9 Å². The van der Waals surface area contributed by atoms with E-state index in [1.807, 2.05) is 11.8 Å². The zero-order chi connectivity index (χ0) is 14.5. The topological polar surface area (TPSA) is 49.6 Å². The van der Waals surface area contributed by atoms with Crippen molar-refractivity contribution in [3.05, 3.63) is 35.4 Å². The summed E-state index contributed by atoms with van der Waals surface area (Å²) in [5.41, 5.74) is 8.33. The van der Waals surface area contributed by atoms with Crippen LogP contribution in [0.15, 0.2) is 24.3 Å². The van der Waals surface area contributed by atoms with Crippen molar-refractivity contribution < 1.29 is 4.79 Å². The summed E-state index contributed by atoms with van der Waals surface area (Å²) in [7, 11) is 0. The van der Waals surface area contributed by atoms with Crippen LogP contribution < -0.4 is 5.73 Å². The Hall–Kier alpha value is -0.810. The fourth-order valence-electron chi connectivity index (χ4n) is 2.63. The molecule has 2 rings (SSSR count). The third-order valence-electron chi connectivity index (χ3n) is 3.71. The molecule has 1 aliphatic heterocycles. The molecule has 22 heavy (non-hydrogen) atoms. The molecule has 2 N–H and O–H groups in total. The van der Waals surface area contributed by atoms with Gasteiger partial charge in [0.1, 0.15) is 0 Å². The molecule has 1 unspecified atom stereocenters. The van der Waals surface area contributed by atoms with Gasteiger partial charge in [0.2, 0.25) is 5.91 Å². The molecule has 6 heteroatoms. The molecule has 1 fully saturated rings. The van der Waals surface area contributed by atoms with E-state index in [1.54, 1.807) is 0 Å². The van der Waals surface area contributed by atoms with E-state index in [-0.39, 0.29) is 36.8 Å². The SMILES string of the molecule is Cc1cccc(CN2CCN(C(=O)CC(C)N)CC2)c1.Cl.Cl. The van der Waals surface area contributed by atoms with Gasteiger partial charge in [-0.25, -0.2) is 0 Å². The minimum atomic E-state index is -0.0483. The van der Waals surface area contributed by atoms with Crippen molar-refractivity contribution in [1.29, 1.82) is 0 Å². The largest absolute Gasteiger partial charge is 0.340 e. The molecule has 0 radical (unpaired) electrons. The van der Waals surface area contributed by atoms with Crippen LogP contribution in [0.1, 0.15) is 24.5 Å². The van der Waals surface area contributed by atoms with Crippen LogP contribution in [0.2, 0.25) is 0 Å². The molecule has 0 bridgehead atoms. The number of piperazine rings is 1. The Bertz CT molecular complexity index is 460. The Morgan fingerprint density at radius 3 is 2.41 bits per heavy atom. The lowest BCUT2D eigenvalue weighted by atomic mass is 10.1. The zero-order valence-electron chi connectivity index (χ0n) is 13.3. The van der Waals surface area contributed by atoms with Crippen LogP contribution >= 0.6 is 24.8 Å². The molecule has 0 spiro atoms. The van der Waals surface area contributed by atoms with Gasteiger partial charge >= 0.3 is 0 Å². The van der Waals surface area contributed by atoms with E-state index in [0.29, 0.717) is 6.42 Å². The van der Waals surface area contributed by atoms with E-state index in [2.05, 4.69) is 36.1 Å². The van der Waals surface area contributed by atoms with Gasteiger partial charge in [0.25, 0.3) is 0 Å². The number of hydrogen-bond donors (Lipinski definition) is 1. The third kappa shape index (κ3) is 6.53. The molecule has 0 aromatic heterocycles. The first-order valence-corrected chi connectivity index (χ1v) is 7.36. The predicted octanol–water partition coefficient (Wildman–Crippen LogP) is 2.22. The summed E-state index contributed by atoms with van der Waals surface area (Å²) in [6.07, 6.45) is 0.456.